The largest absolute Gasteiger partial charge is 0.450 e. The van der Waals surface area contributed by atoms with Crippen LogP contribution in [0.15, 0.2) is 139 Å². The Labute approximate surface area is 258 Å². The Hall–Kier alpha value is -5.33. The first-order valence-corrected chi connectivity index (χ1v) is 15.2. The summed E-state index contributed by atoms with van der Waals surface area (Å²) in [6.45, 7) is 1.80. The molecule has 0 unspecified atom stereocenters. The van der Waals surface area contributed by atoms with E-state index in [0.29, 0.717) is 42.3 Å². The molecule has 3 aromatic carbocycles. The molecule has 6 aromatic rings. The fourth-order valence-corrected chi connectivity index (χ4v) is 6.73. The zero-order chi connectivity index (χ0) is 30.0. The van der Waals surface area contributed by atoms with Gasteiger partial charge < -0.3 is 9.73 Å². The van der Waals surface area contributed by atoms with Crippen LogP contribution >= 0.6 is 23.1 Å². The van der Waals surface area contributed by atoms with Crippen molar-refractivity contribution >= 4 is 40.8 Å². The molecule has 0 spiro atoms. The van der Waals surface area contributed by atoms with Crippen LogP contribution in [-0.4, -0.2) is 30.7 Å². The number of amides is 1. The van der Waals surface area contributed by atoms with Gasteiger partial charge in [0.15, 0.2) is 9.89 Å². The summed E-state index contributed by atoms with van der Waals surface area (Å²) in [6.07, 6.45) is 1.69. The minimum atomic E-state index is -0.655. The van der Waals surface area contributed by atoms with E-state index in [9.17, 15) is 9.59 Å². The quantitative estimate of drug-likeness (QED) is 0.278. The van der Waals surface area contributed by atoms with Crippen molar-refractivity contribution < 1.29 is 9.21 Å². The average molecular weight is 618 g/mol. The third-order valence-electron chi connectivity index (χ3n) is 6.92. The minimum absolute atomic E-state index is 0.265. The first kappa shape index (κ1) is 27.5. The Bertz CT molecular complexity index is 2180. The molecular formula is C32H23N7O3S2. The van der Waals surface area contributed by atoms with E-state index >= 15 is 0 Å². The summed E-state index contributed by atoms with van der Waals surface area (Å²) >= 11 is 2.52. The number of carbonyl (C=O) groups excluding carboxylic acids is 1. The number of para-hydroxylation sites is 2. The fourth-order valence-electron chi connectivity index (χ4n) is 4.94. The summed E-state index contributed by atoms with van der Waals surface area (Å²) in [5.74, 6) is 0.177. The van der Waals surface area contributed by atoms with Crippen LogP contribution in [0.2, 0.25) is 0 Å². The van der Waals surface area contributed by atoms with Gasteiger partial charge in [0.05, 0.1) is 27.5 Å². The van der Waals surface area contributed by atoms with Crippen LogP contribution in [-0.2, 0) is 4.79 Å². The van der Waals surface area contributed by atoms with Gasteiger partial charge in [0.2, 0.25) is 5.16 Å². The third kappa shape index (κ3) is 5.32. The van der Waals surface area contributed by atoms with Gasteiger partial charge in [-0.15, -0.1) is 5.10 Å². The highest BCUT2D eigenvalue weighted by molar-refractivity contribution is 7.99. The van der Waals surface area contributed by atoms with Gasteiger partial charge in [-0.1, -0.05) is 78.1 Å². The standard InChI is InChI=1S/C32H23N7O3S2/c1-20-27(29(40)34-22-13-7-3-8-14-22)28(21-11-5-2-6-12-21)38-30(41)25(43-31(38)33-20)19-24-17-18-26(42-24)44-32-35-36-37-39(32)23-15-9-4-10-16-23/h2-19,28H,1H3,(H,34,40)/b25-19-/t28-/m0/s1. The fraction of sp³-hybridized carbons (Fsp3) is 0.0625. The molecule has 0 bridgehead atoms. The third-order valence-corrected chi connectivity index (χ3v) is 8.76. The van der Waals surface area contributed by atoms with E-state index in [1.54, 1.807) is 34.4 Å². The van der Waals surface area contributed by atoms with E-state index in [0.717, 1.165) is 11.3 Å². The van der Waals surface area contributed by atoms with Gasteiger partial charge >= 0.3 is 0 Å². The molecular weight excluding hydrogens is 595 g/mol. The molecule has 3 aromatic heterocycles. The van der Waals surface area contributed by atoms with E-state index in [2.05, 4.69) is 20.8 Å². The lowest BCUT2D eigenvalue weighted by atomic mass is 9.95. The Balaban J connectivity index is 1.24. The second-order valence-electron chi connectivity index (χ2n) is 9.78. The number of thiazole rings is 1. The van der Waals surface area contributed by atoms with Crippen LogP contribution < -0.4 is 20.2 Å². The van der Waals surface area contributed by atoms with E-state index in [1.807, 2.05) is 91.0 Å². The topological polar surface area (TPSA) is 120 Å². The maximum Gasteiger partial charge on any atom is 0.271 e. The SMILES string of the molecule is CC1=C(C(=O)Nc2ccccc2)[C@H](c2ccccc2)n2c(s/c(=C\c3ccc(Sc4nnnn4-c4ccccc4)o3)c2=O)=N1. The second-order valence-corrected chi connectivity index (χ2v) is 11.8. The number of tetrazole rings is 1. The summed E-state index contributed by atoms with van der Waals surface area (Å²) in [4.78, 5) is 32.8. The number of rotatable bonds is 7. The molecule has 1 atom stereocenters. The number of aromatic nitrogens is 5. The number of anilines is 1. The van der Waals surface area contributed by atoms with E-state index in [1.165, 1.54) is 23.1 Å². The van der Waals surface area contributed by atoms with Crippen LogP contribution in [0.5, 0.6) is 0 Å². The van der Waals surface area contributed by atoms with Crippen molar-refractivity contribution in [2.45, 2.75) is 23.2 Å². The lowest BCUT2D eigenvalue weighted by Gasteiger charge is -2.25. The minimum Gasteiger partial charge on any atom is -0.450 e. The predicted octanol–water partition coefficient (Wildman–Crippen LogP) is 4.59. The molecule has 216 valence electrons. The molecule has 1 amide bonds. The molecule has 1 N–H and O–H groups in total. The summed E-state index contributed by atoms with van der Waals surface area (Å²) in [5.41, 5.74) is 2.98. The van der Waals surface area contributed by atoms with Crippen molar-refractivity contribution in [2.75, 3.05) is 5.32 Å². The number of furan rings is 1. The highest BCUT2D eigenvalue weighted by Crippen LogP contribution is 2.31. The molecule has 0 radical (unpaired) electrons. The summed E-state index contributed by atoms with van der Waals surface area (Å²) in [6, 6.07) is 31.2. The normalized spacial score (nSPS) is 14.8. The Kier molecular flexibility index (Phi) is 7.34. The lowest BCUT2D eigenvalue weighted by Crippen LogP contribution is -2.40. The Morgan fingerprint density at radius 1 is 0.955 bits per heavy atom. The van der Waals surface area contributed by atoms with E-state index in [-0.39, 0.29) is 11.5 Å². The smallest absolute Gasteiger partial charge is 0.271 e. The number of hydrogen-bond donors (Lipinski definition) is 1. The molecule has 44 heavy (non-hydrogen) atoms. The number of hydrogen-bond acceptors (Lipinski definition) is 9. The summed E-state index contributed by atoms with van der Waals surface area (Å²) < 4.78 is 9.70. The number of nitrogens with one attached hydrogen (secondary N) is 1. The van der Waals surface area contributed by atoms with E-state index < -0.39 is 6.04 Å². The van der Waals surface area contributed by atoms with Gasteiger partial charge in [0, 0.05) is 11.8 Å². The van der Waals surface area contributed by atoms with Crippen molar-refractivity contribution in [1.82, 2.24) is 24.8 Å². The van der Waals surface area contributed by atoms with Crippen LogP contribution in [0.4, 0.5) is 5.69 Å². The number of fused-ring (bicyclic) bond motifs is 1. The molecule has 7 rings (SSSR count). The van der Waals surface area contributed by atoms with Gasteiger partial charge in [-0.05, 0) is 71.1 Å². The zero-order valence-electron chi connectivity index (χ0n) is 23.2. The molecule has 0 saturated heterocycles. The average Bonchev–Trinajstić information content (AvgIpc) is 3.77. The number of nitrogens with zero attached hydrogens (tertiary/aromatic N) is 6. The molecule has 0 fully saturated rings. The van der Waals surface area contributed by atoms with Gasteiger partial charge in [0.1, 0.15) is 5.76 Å². The highest BCUT2D eigenvalue weighted by atomic mass is 32.2. The van der Waals surface area contributed by atoms with Gasteiger partial charge in [-0.25, -0.2) is 4.99 Å². The van der Waals surface area contributed by atoms with E-state index in [4.69, 9.17) is 9.41 Å². The molecule has 4 heterocycles. The van der Waals surface area contributed by atoms with Crippen LogP contribution in [0.25, 0.3) is 11.8 Å². The Morgan fingerprint density at radius 2 is 1.66 bits per heavy atom. The number of benzene rings is 3. The summed E-state index contributed by atoms with van der Waals surface area (Å²) in [7, 11) is 0. The predicted molar refractivity (Wildman–Crippen MR) is 167 cm³/mol. The first-order valence-electron chi connectivity index (χ1n) is 13.6. The molecule has 0 saturated carbocycles. The van der Waals surface area contributed by atoms with Crippen LogP contribution in [0.3, 0.4) is 0 Å². The van der Waals surface area contributed by atoms with Gasteiger partial charge in [0.25, 0.3) is 11.5 Å². The highest BCUT2D eigenvalue weighted by Gasteiger charge is 2.32. The van der Waals surface area contributed by atoms with Gasteiger partial charge in [-0.2, -0.15) is 4.68 Å². The Morgan fingerprint density at radius 3 is 2.41 bits per heavy atom. The van der Waals surface area contributed by atoms with Crippen molar-refractivity contribution in [2.24, 2.45) is 4.99 Å². The van der Waals surface area contributed by atoms with Gasteiger partial charge in [-0.3, -0.25) is 14.2 Å². The van der Waals surface area contributed by atoms with Crippen molar-refractivity contribution in [3.8, 4) is 5.69 Å². The van der Waals surface area contributed by atoms with Crippen LogP contribution in [0, 0.1) is 0 Å². The van der Waals surface area contributed by atoms with Crippen molar-refractivity contribution in [3.63, 3.8) is 0 Å². The first-order chi connectivity index (χ1) is 21.5. The van der Waals surface area contributed by atoms with Crippen molar-refractivity contribution in [3.05, 3.63) is 145 Å². The molecule has 12 heteroatoms. The monoisotopic (exact) mass is 617 g/mol. The maximum absolute atomic E-state index is 14.0. The number of carbonyl (C=O) groups is 1. The zero-order valence-corrected chi connectivity index (χ0v) is 24.8. The molecule has 10 nitrogen and oxygen atoms in total. The summed E-state index contributed by atoms with van der Waals surface area (Å²) in [5, 5.41) is 16.1. The molecule has 1 aliphatic heterocycles. The van der Waals surface area contributed by atoms with Crippen LogP contribution in [0.1, 0.15) is 24.3 Å². The molecule has 0 aliphatic carbocycles. The molecule has 1 aliphatic rings. The maximum atomic E-state index is 14.0. The number of allylic oxidation sites excluding steroid dienone is 1. The second kappa shape index (κ2) is 11.7. The lowest BCUT2D eigenvalue weighted by molar-refractivity contribution is -0.113. The van der Waals surface area contributed by atoms with Crippen molar-refractivity contribution in [1.29, 1.82) is 0 Å².